The third-order valence-electron chi connectivity index (χ3n) is 6.59. The highest BCUT2D eigenvalue weighted by Gasteiger charge is 2.26. The number of nitro groups is 1. The second-order valence-electron chi connectivity index (χ2n) is 8.95. The number of rotatable bonds is 7. The number of non-ortho nitro benzene ring substituents is 1. The van der Waals surface area contributed by atoms with Crippen molar-refractivity contribution in [3.63, 3.8) is 0 Å². The number of benzene rings is 3. The van der Waals surface area contributed by atoms with E-state index in [-0.39, 0.29) is 23.3 Å². The molecule has 0 atom stereocenters. The van der Waals surface area contributed by atoms with Crippen LogP contribution < -0.4 is 14.8 Å². The molecule has 0 radical (unpaired) electrons. The van der Waals surface area contributed by atoms with Gasteiger partial charge in [-0.25, -0.2) is 0 Å². The molecule has 0 saturated carbocycles. The topological polar surface area (TPSA) is 124 Å². The summed E-state index contributed by atoms with van der Waals surface area (Å²) < 4.78 is 16.7. The average Bonchev–Trinajstić information content (AvgIpc) is 3.46. The number of amides is 2. The van der Waals surface area contributed by atoms with Crippen LogP contribution in [0.3, 0.4) is 0 Å². The third kappa shape index (κ3) is 5.30. The number of carbonyl (C=O) groups excluding carboxylic acids is 2. The monoisotopic (exact) mass is 527 g/mol. The van der Waals surface area contributed by atoms with Crippen LogP contribution >= 0.6 is 0 Å². The average molecular weight is 528 g/mol. The summed E-state index contributed by atoms with van der Waals surface area (Å²) in [6.45, 7) is 0.994. The predicted molar refractivity (Wildman–Crippen MR) is 143 cm³/mol. The van der Waals surface area contributed by atoms with Crippen LogP contribution in [-0.4, -0.2) is 42.4 Å². The molecule has 3 aromatic carbocycles. The second kappa shape index (κ2) is 10.7. The first-order valence-corrected chi connectivity index (χ1v) is 12.2. The fourth-order valence-electron chi connectivity index (χ4n) is 4.48. The Labute approximate surface area is 223 Å². The summed E-state index contributed by atoms with van der Waals surface area (Å²) >= 11 is 0. The van der Waals surface area contributed by atoms with Crippen molar-refractivity contribution in [3.05, 3.63) is 105 Å². The third-order valence-corrected chi connectivity index (χ3v) is 6.59. The number of furan rings is 1. The smallest absolute Gasteiger partial charge is 0.289 e. The van der Waals surface area contributed by atoms with Crippen LogP contribution in [0.15, 0.2) is 77.2 Å². The predicted octanol–water partition coefficient (Wildman–Crippen LogP) is 5.32. The van der Waals surface area contributed by atoms with Crippen molar-refractivity contribution >= 4 is 23.2 Å². The largest absolute Gasteiger partial charge is 0.493 e. The molecule has 0 aliphatic carbocycles. The fourth-order valence-corrected chi connectivity index (χ4v) is 4.48. The molecule has 39 heavy (non-hydrogen) atoms. The molecule has 0 bridgehead atoms. The van der Waals surface area contributed by atoms with Gasteiger partial charge in [-0.05, 0) is 78.2 Å². The van der Waals surface area contributed by atoms with E-state index in [0.29, 0.717) is 48.0 Å². The van der Waals surface area contributed by atoms with Gasteiger partial charge in [0.1, 0.15) is 5.76 Å². The van der Waals surface area contributed by atoms with Gasteiger partial charge in [-0.3, -0.25) is 19.7 Å². The van der Waals surface area contributed by atoms with Gasteiger partial charge in [-0.2, -0.15) is 0 Å². The van der Waals surface area contributed by atoms with E-state index in [2.05, 4.69) is 5.32 Å². The lowest BCUT2D eigenvalue weighted by Gasteiger charge is -2.29. The van der Waals surface area contributed by atoms with E-state index in [1.165, 1.54) is 24.3 Å². The Morgan fingerprint density at radius 2 is 1.59 bits per heavy atom. The van der Waals surface area contributed by atoms with Gasteiger partial charge in [0.05, 0.1) is 19.1 Å². The van der Waals surface area contributed by atoms with Crippen LogP contribution in [-0.2, 0) is 13.0 Å². The van der Waals surface area contributed by atoms with E-state index in [0.717, 1.165) is 16.7 Å². The lowest BCUT2D eigenvalue weighted by atomic mass is 9.98. The number of nitro benzene ring substituents is 1. The molecule has 0 fully saturated rings. The summed E-state index contributed by atoms with van der Waals surface area (Å²) in [6.07, 6.45) is 0.696. The molecule has 10 heteroatoms. The fraction of sp³-hybridized carbons (Fsp3) is 0.172. The molecule has 4 aromatic rings. The number of fused-ring (bicyclic) bond motifs is 1. The molecular weight excluding hydrogens is 502 g/mol. The molecule has 2 amide bonds. The molecule has 5 rings (SSSR count). The molecule has 1 aliphatic rings. The number of nitrogens with zero attached hydrogens (tertiary/aromatic N) is 2. The minimum atomic E-state index is -0.519. The van der Waals surface area contributed by atoms with E-state index >= 15 is 0 Å². The zero-order valence-electron chi connectivity index (χ0n) is 21.3. The summed E-state index contributed by atoms with van der Waals surface area (Å²) in [5.41, 5.74) is 3.63. The minimum Gasteiger partial charge on any atom is -0.493 e. The first-order valence-electron chi connectivity index (χ1n) is 12.2. The van der Waals surface area contributed by atoms with Crippen molar-refractivity contribution in [1.82, 2.24) is 4.90 Å². The van der Waals surface area contributed by atoms with Crippen LogP contribution in [0.2, 0.25) is 0 Å². The number of nitrogens with one attached hydrogen (secondary N) is 1. The molecule has 1 aliphatic heterocycles. The summed E-state index contributed by atoms with van der Waals surface area (Å²) in [4.78, 5) is 37.7. The van der Waals surface area contributed by atoms with E-state index in [1.54, 1.807) is 55.5 Å². The summed E-state index contributed by atoms with van der Waals surface area (Å²) in [5, 5.41) is 13.6. The highest BCUT2D eigenvalue weighted by Crippen LogP contribution is 2.34. The SMILES string of the molecule is COc1cc2c(cc1OC)CN(C(=O)c1ccc(-c3ccc(NC(=O)c4ccc([N+](=O)[O-])cc4)cc3)o1)CC2. The van der Waals surface area contributed by atoms with Crippen LogP contribution in [0.25, 0.3) is 11.3 Å². The summed E-state index contributed by atoms with van der Waals surface area (Å²) in [5.74, 6) is 1.47. The van der Waals surface area contributed by atoms with Gasteiger partial charge in [0.15, 0.2) is 17.3 Å². The Morgan fingerprint density at radius 1 is 0.923 bits per heavy atom. The maximum absolute atomic E-state index is 13.2. The first kappa shape index (κ1) is 25.5. The Balaban J connectivity index is 1.24. The Bertz CT molecular complexity index is 1540. The maximum atomic E-state index is 13.2. The van der Waals surface area contributed by atoms with E-state index in [9.17, 15) is 19.7 Å². The normalized spacial score (nSPS) is 12.4. The standard InChI is InChI=1S/C29H25N3O7/c1-37-26-15-20-13-14-31(17-21(20)16-27(26)38-2)29(34)25-12-11-24(39-25)18-3-7-22(8-4-18)30-28(33)19-5-9-23(10-6-19)32(35)36/h3-12,15-16H,13-14,17H2,1-2H3,(H,30,33). The molecule has 2 heterocycles. The molecular formula is C29H25N3O7. The van der Waals surface area contributed by atoms with Crippen molar-refractivity contribution in [3.8, 4) is 22.8 Å². The van der Waals surface area contributed by atoms with Crippen molar-refractivity contribution in [2.75, 3.05) is 26.1 Å². The molecule has 0 saturated heterocycles. The highest BCUT2D eigenvalue weighted by molar-refractivity contribution is 6.04. The van der Waals surface area contributed by atoms with Gasteiger partial charge < -0.3 is 24.1 Å². The van der Waals surface area contributed by atoms with E-state index < -0.39 is 4.92 Å². The zero-order chi connectivity index (χ0) is 27.5. The summed E-state index contributed by atoms with van der Waals surface area (Å²) in [6, 6.07) is 19.6. The minimum absolute atomic E-state index is 0.0850. The molecule has 0 unspecified atom stereocenters. The molecule has 1 N–H and O–H groups in total. The number of methoxy groups -OCH3 is 2. The van der Waals surface area contributed by atoms with Gasteiger partial charge in [0.25, 0.3) is 17.5 Å². The van der Waals surface area contributed by atoms with E-state index in [4.69, 9.17) is 13.9 Å². The Morgan fingerprint density at radius 3 is 2.23 bits per heavy atom. The van der Waals surface area contributed by atoms with Gasteiger partial charge in [0, 0.05) is 42.0 Å². The zero-order valence-corrected chi connectivity index (χ0v) is 21.3. The maximum Gasteiger partial charge on any atom is 0.289 e. The number of anilines is 1. The number of hydrogen-bond acceptors (Lipinski definition) is 7. The van der Waals surface area contributed by atoms with Gasteiger partial charge in [-0.1, -0.05) is 0 Å². The van der Waals surface area contributed by atoms with Gasteiger partial charge in [0.2, 0.25) is 0 Å². The molecule has 0 spiro atoms. The lowest BCUT2D eigenvalue weighted by Crippen LogP contribution is -2.35. The van der Waals surface area contributed by atoms with Crippen LogP contribution in [0, 0.1) is 10.1 Å². The molecule has 10 nitrogen and oxygen atoms in total. The molecule has 198 valence electrons. The van der Waals surface area contributed by atoms with Crippen LogP contribution in [0.1, 0.15) is 32.0 Å². The van der Waals surface area contributed by atoms with Crippen molar-refractivity contribution in [2.24, 2.45) is 0 Å². The van der Waals surface area contributed by atoms with Crippen molar-refractivity contribution in [2.45, 2.75) is 13.0 Å². The second-order valence-corrected chi connectivity index (χ2v) is 8.95. The Kier molecular flexibility index (Phi) is 7.00. The van der Waals surface area contributed by atoms with Gasteiger partial charge in [-0.15, -0.1) is 0 Å². The van der Waals surface area contributed by atoms with Crippen LogP contribution in [0.4, 0.5) is 11.4 Å². The quantitative estimate of drug-likeness (QED) is 0.255. The van der Waals surface area contributed by atoms with Gasteiger partial charge >= 0.3 is 0 Å². The summed E-state index contributed by atoms with van der Waals surface area (Å²) in [7, 11) is 3.18. The number of ether oxygens (including phenoxy) is 2. The highest BCUT2D eigenvalue weighted by atomic mass is 16.6. The Hall–Kier alpha value is -5.12. The van der Waals surface area contributed by atoms with Crippen LogP contribution in [0.5, 0.6) is 11.5 Å². The van der Waals surface area contributed by atoms with Crippen molar-refractivity contribution in [1.29, 1.82) is 0 Å². The number of carbonyl (C=O) groups is 2. The lowest BCUT2D eigenvalue weighted by molar-refractivity contribution is -0.384. The number of hydrogen-bond donors (Lipinski definition) is 1. The first-order chi connectivity index (χ1) is 18.9. The molecule has 1 aromatic heterocycles. The van der Waals surface area contributed by atoms with E-state index in [1.807, 2.05) is 12.1 Å². The van der Waals surface area contributed by atoms with Crippen molar-refractivity contribution < 1.29 is 28.4 Å².